The van der Waals surface area contributed by atoms with Crippen molar-refractivity contribution in [3.05, 3.63) is 77.6 Å². The van der Waals surface area contributed by atoms with E-state index in [-0.39, 0.29) is 11.6 Å². The molecular weight excluding hydrogens is 350 g/mol. The van der Waals surface area contributed by atoms with Crippen LogP contribution < -0.4 is 5.56 Å². The number of nitrogens with zero attached hydrogens (tertiary/aromatic N) is 5. The number of pyridine rings is 1. The average Bonchev–Trinajstić information content (AvgIpc) is 3.13. The second-order valence-electron chi connectivity index (χ2n) is 7.25. The third-order valence-electron chi connectivity index (χ3n) is 5.11. The Bertz CT molecular complexity index is 1160. The second-order valence-corrected chi connectivity index (χ2v) is 7.25. The molecule has 3 heterocycles. The van der Waals surface area contributed by atoms with Gasteiger partial charge in [-0.05, 0) is 38.2 Å². The standard InChI is InChI=1S/C22H23N5O/c1-16(25(2)3)14-26-10-9-18(11-21(26)28)19-12-23-22-20(13-24-27(22)15-19)17-7-5-4-6-8-17/h4-13,15-16H,14H2,1-3H3. The highest BCUT2D eigenvalue weighted by Gasteiger charge is 2.11. The average molecular weight is 373 g/mol. The Morgan fingerprint density at radius 2 is 1.82 bits per heavy atom. The molecule has 0 N–H and O–H groups in total. The summed E-state index contributed by atoms with van der Waals surface area (Å²) in [6, 6.07) is 14.0. The van der Waals surface area contributed by atoms with Crippen molar-refractivity contribution in [3.63, 3.8) is 0 Å². The summed E-state index contributed by atoms with van der Waals surface area (Å²) in [6.45, 7) is 2.75. The minimum Gasteiger partial charge on any atom is -0.314 e. The van der Waals surface area contributed by atoms with Crippen molar-refractivity contribution in [1.29, 1.82) is 0 Å². The molecule has 6 nitrogen and oxygen atoms in total. The Hall–Kier alpha value is -3.25. The van der Waals surface area contributed by atoms with E-state index in [0.29, 0.717) is 6.54 Å². The van der Waals surface area contributed by atoms with E-state index in [2.05, 4.69) is 21.9 Å². The fraction of sp³-hybridized carbons (Fsp3) is 0.227. The van der Waals surface area contributed by atoms with E-state index in [1.807, 2.05) is 69.1 Å². The van der Waals surface area contributed by atoms with Gasteiger partial charge in [-0.2, -0.15) is 5.10 Å². The van der Waals surface area contributed by atoms with E-state index in [9.17, 15) is 4.79 Å². The van der Waals surface area contributed by atoms with Gasteiger partial charge < -0.3 is 9.47 Å². The highest BCUT2D eigenvalue weighted by Crippen LogP contribution is 2.24. The molecule has 6 heteroatoms. The zero-order valence-electron chi connectivity index (χ0n) is 16.3. The summed E-state index contributed by atoms with van der Waals surface area (Å²) in [7, 11) is 4.03. The lowest BCUT2D eigenvalue weighted by atomic mass is 10.1. The monoisotopic (exact) mass is 373 g/mol. The Balaban J connectivity index is 1.67. The lowest BCUT2D eigenvalue weighted by Crippen LogP contribution is -2.33. The van der Waals surface area contributed by atoms with E-state index in [4.69, 9.17) is 0 Å². The fourth-order valence-corrected chi connectivity index (χ4v) is 3.13. The number of rotatable bonds is 5. The predicted octanol–water partition coefficient (Wildman–Crippen LogP) is 3.18. The lowest BCUT2D eigenvalue weighted by Gasteiger charge is -2.20. The third-order valence-corrected chi connectivity index (χ3v) is 5.11. The normalized spacial score (nSPS) is 12.6. The van der Waals surface area contributed by atoms with E-state index in [0.717, 1.165) is 27.9 Å². The van der Waals surface area contributed by atoms with E-state index in [1.54, 1.807) is 21.3 Å². The molecule has 0 amide bonds. The first kappa shape index (κ1) is 18.1. The topological polar surface area (TPSA) is 55.4 Å². The van der Waals surface area contributed by atoms with E-state index < -0.39 is 0 Å². The minimum absolute atomic E-state index is 0.0169. The second kappa shape index (κ2) is 7.40. The Kier molecular flexibility index (Phi) is 4.79. The predicted molar refractivity (Wildman–Crippen MR) is 111 cm³/mol. The Morgan fingerprint density at radius 3 is 2.54 bits per heavy atom. The molecule has 28 heavy (non-hydrogen) atoms. The van der Waals surface area contributed by atoms with Gasteiger partial charge >= 0.3 is 0 Å². The van der Waals surface area contributed by atoms with Crippen LogP contribution in [0.5, 0.6) is 0 Å². The number of likely N-dealkylation sites (N-methyl/N-ethyl adjacent to an activating group) is 1. The minimum atomic E-state index is -0.0169. The maximum Gasteiger partial charge on any atom is 0.251 e. The maximum absolute atomic E-state index is 12.5. The fourth-order valence-electron chi connectivity index (χ4n) is 3.13. The van der Waals surface area contributed by atoms with Crippen LogP contribution in [0.15, 0.2) is 72.0 Å². The molecule has 4 rings (SSSR count). The summed E-state index contributed by atoms with van der Waals surface area (Å²) in [5, 5.41) is 4.45. The number of aromatic nitrogens is 4. The van der Waals surface area contributed by atoms with Gasteiger partial charge in [-0.15, -0.1) is 0 Å². The smallest absolute Gasteiger partial charge is 0.251 e. The van der Waals surface area contributed by atoms with Crippen molar-refractivity contribution >= 4 is 5.65 Å². The summed E-state index contributed by atoms with van der Waals surface area (Å²) in [5.41, 5.74) is 4.54. The first-order valence-corrected chi connectivity index (χ1v) is 9.29. The van der Waals surface area contributed by atoms with Gasteiger partial charge in [0, 0.05) is 48.4 Å². The van der Waals surface area contributed by atoms with Crippen molar-refractivity contribution < 1.29 is 0 Å². The molecule has 4 aromatic rings. The Labute approximate surface area is 163 Å². The lowest BCUT2D eigenvalue weighted by molar-refractivity contribution is 0.281. The zero-order chi connectivity index (χ0) is 19.7. The van der Waals surface area contributed by atoms with Crippen molar-refractivity contribution in [1.82, 2.24) is 24.1 Å². The molecule has 0 aliphatic carbocycles. The van der Waals surface area contributed by atoms with Crippen molar-refractivity contribution in [3.8, 4) is 22.3 Å². The van der Waals surface area contributed by atoms with Crippen molar-refractivity contribution in [2.45, 2.75) is 19.5 Å². The number of hydrogen-bond donors (Lipinski definition) is 0. The van der Waals surface area contributed by atoms with Crippen molar-refractivity contribution in [2.75, 3.05) is 14.1 Å². The molecule has 0 fully saturated rings. The highest BCUT2D eigenvalue weighted by atomic mass is 16.1. The molecular formula is C22H23N5O. The van der Waals surface area contributed by atoms with Gasteiger partial charge in [0.15, 0.2) is 5.65 Å². The summed E-state index contributed by atoms with van der Waals surface area (Å²) >= 11 is 0. The van der Waals surface area contributed by atoms with Crippen LogP contribution in [0.2, 0.25) is 0 Å². The molecule has 3 aromatic heterocycles. The van der Waals surface area contributed by atoms with E-state index in [1.165, 1.54) is 0 Å². The summed E-state index contributed by atoms with van der Waals surface area (Å²) in [5.74, 6) is 0. The third kappa shape index (κ3) is 3.46. The molecule has 1 unspecified atom stereocenters. The molecule has 0 bridgehead atoms. The molecule has 0 radical (unpaired) electrons. The van der Waals surface area contributed by atoms with Gasteiger partial charge in [-0.1, -0.05) is 30.3 Å². The first-order valence-electron chi connectivity index (χ1n) is 9.29. The quantitative estimate of drug-likeness (QED) is 0.539. The van der Waals surface area contributed by atoms with Crippen LogP contribution in [-0.4, -0.2) is 44.2 Å². The zero-order valence-corrected chi connectivity index (χ0v) is 16.3. The van der Waals surface area contributed by atoms with Crippen LogP contribution in [-0.2, 0) is 6.54 Å². The van der Waals surface area contributed by atoms with Gasteiger partial charge in [0.2, 0.25) is 0 Å². The molecule has 142 valence electrons. The molecule has 0 saturated carbocycles. The summed E-state index contributed by atoms with van der Waals surface area (Å²) < 4.78 is 3.50. The number of hydrogen-bond acceptors (Lipinski definition) is 4. The SMILES string of the molecule is CC(Cn1ccc(-c2cnc3c(-c4ccccc4)cnn3c2)cc1=O)N(C)C. The molecule has 1 atom stereocenters. The molecule has 0 spiro atoms. The van der Waals surface area contributed by atoms with Crippen LogP contribution >= 0.6 is 0 Å². The van der Waals surface area contributed by atoms with Crippen LogP contribution in [0.25, 0.3) is 27.9 Å². The number of fused-ring (bicyclic) bond motifs is 1. The molecule has 0 aliphatic heterocycles. The summed E-state index contributed by atoms with van der Waals surface area (Å²) in [6.07, 6.45) is 7.38. The Morgan fingerprint density at radius 1 is 1.04 bits per heavy atom. The van der Waals surface area contributed by atoms with Crippen molar-refractivity contribution in [2.24, 2.45) is 0 Å². The van der Waals surface area contributed by atoms with Crippen LogP contribution in [0.3, 0.4) is 0 Å². The van der Waals surface area contributed by atoms with Gasteiger partial charge in [0.25, 0.3) is 5.56 Å². The van der Waals surface area contributed by atoms with Gasteiger partial charge in [0.05, 0.1) is 6.20 Å². The van der Waals surface area contributed by atoms with Gasteiger partial charge in [-0.25, -0.2) is 9.50 Å². The summed E-state index contributed by atoms with van der Waals surface area (Å²) in [4.78, 5) is 19.2. The van der Waals surface area contributed by atoms with Crippen LogP contribution in [0.1, 0.15) is 6.92 Å². The van der Waals surface area contributed by atoms with Crippen LogP contribution in [0.4, 0.5) is 0 Å². The highest BCUT2D eigenvalue weighted by molar-refractivity contribution is 5.77. The van der Waals surface area contributed by atoms with E-state index >= 15 is 0 Å². The number of benzene rings is 1. The maximum atomic E-state index is 12.5. The largest absolute Gasteiger partial charge is 0.314 e. The van der Waals surface area contributed by atoms with Gasteiger partial charge in [-0.3, -0.25) is 4.79 Å². The van der Waals surface area contributed by atoms with Crippen LogP contribution in [0, 0.1) is 0 Å². The van der Waals surface area contributed by atoms with Gasteiger partial charge in [0.1, 0.15) is 0 Å². The first-order chi connectivity index (χ1) is 13.5. The molecule has 0 aliphatic rings. The molecule has 1 aromatic carbocycles. The molecule has 0 saturated heterocycles.